The first-order valence-electron chi connectivity index (χ1n) is 6.97. The van der Waals surface area contributed by atoms with Crippen LogP contribution in [0.3, 0.4) is 0 Å². The molecule has 2 heteroatoms. The number of hydrogen-bond acceptors (Lipinski definition) is 2. The van der Waals surface area contributed by atoms with Crippen LogP contribution in [0.25, 0.3) is 0 Å². The van der Waals surface area contributed by atoms with E-state index in [9.17, 15) is 0 Å². The molecule has 106 valence electrons. The molecule has 20 heavy (non-hydrogen) atoms. The summed E-state index contributed by atoms with van der Waals surface area (Å²) >= 11 is 0. The Bertz CT molecular complexity index is 573. The van der Waals surface area contributed by atoms with Gasteiger partial charge in [-0.25, -0.2) is 0 Å². The number of ether oxygens (including phenoxy) is 2. The van der Waals surface area contributed by atoms with Gasteiger partial charge >= 0.3 is 0 Å². The summed E-state index contributed by atoms with van der Waals surface area (Å²) < 4.78 is 11.3. The molecule has 0 heterocycles. The molecule has 2 rings (SSSR count). The third-order valence-corrected chi connectivity index (χ3v) is 3.50. The fraction of sp³-hybridized carbons (Fsp3) is 0.333. The van der Waals surface area contributed by atoms with Gasteiger partial charge in [-0.15, -0.1) is 0 Å². The number of aryl methyl sites for hydroxylation is 1. The lowest BCUT2D eigenvalue weighted by Crippen LogP contribution is -2.00. The van der Waals surface area contributed by atoms with E-state index in [1.807, 2.05) is 18.2 Å². The van der Waals surface area contributed by atoms with E-state index in [0.29, 0.717) is 12.5 Å². The van der Waals surface area contributed by atoms with Crippen molar-refractivity contribution in [3.8, 4) is 11.5 Å². The van der Waals surface area contributed by atoms with Crippen LogP contribution in [0, 0.1) is 6.92 Å². The molecule has 0 N–H and O–H groups in total. The first kappa shape index (κ1) is 14.4. The molecule has 0 unspecified atom stereocenters. The van der Waals surface area contributed by atoms with Crippen molar-refractivity contribution in [1.82, 2.24) is 0 Å². The summed E-state index contributed by atoms with van der Waals surface area (Å²) in [6.45, 7) is 6.99. The molecule has 0 saturated heterocycles. The molecule has 0 radical (unpaired) electrons. The summed E-state index contributed by atoms with van der Waals surface area (Å²) in [6, 6.07) is 14.4. The summed E-state index contributed by atoms with van der Waals surface area (Å²) in [7, 11) is 1.68. The topological polar surface area (TPSA) is 18.5 Å². The van der Waals surface area contributed by atoms with Crippen LogP contribution < -0.4 is 9.47 Å². The second-order valence-electron chi connectivity index (χ2n) is 5.28. The molecule has 0 saturated carbocycles. The van der Waals surface area contributed by atoms with Crippen LogP contribution in [0.4, 0.5) is 0 Å². The minimum atomic E-state index is 0.481. The zero-order valence-corrected chi connectivity index (χ0v) is 12.6. The van der Waals surface area contributed by atoms with Gasteiger partial charge in [0.25, 0.3) is 0 Å². The van der Waals surface area contributed by atoms with Crippen molar-refractivity contribution in [2.45, 2.75) is 33.3 Å². The molecule has 0 fully saturated rings. The molecule has 2 nitrogen and oxygen atoms in total. The highest BCUT2D eigenvalue weighted by molar-refractivity contribution is 5.44. The normalized spacial score (nSPS) is 10.7. The van der Waals surface area contributed by atoms with E-state index in [0.717, 1.165) is 11.5 Å². The molecule has 0 spiro atoms. The minimum Gasteiger partial charge on any atom is -0.493 e. The fourth-order valence-corrected chi connectivity index (χ4v) is 2.09. The van der Waals surface area contributed by atoms with Crippen LogP contribution in [0.15, 0.2) is 42.5 Å². The molecule has 0 aliphatic heterocycles. The molecule has 0 amide bonds. The van der Waals surface area contributed by atoms with Crippen molar-refractivity contribution < 1.29 is 9.47 Å². The lowest BCUT2D eigenvalue weighted by Gasteiger charge is -2.14. The Morgan fingerprint density at radius 1 is 1.00 bits per heavy atom. The van der Waals surface area contributed by atoms with Gasteiger partial charge in [0, 0.05) is 0 Å². The van der Waals surface area contributed by atoms with Crippen molar-refractivity contribution >= 4 is 0 Å². The van der Waals surface area contributed by atoms with Gasteiger partial charge in [0.05, 0.1) is 7.11 Å². The van der Waals surface area contributed by atoms with Crippen LogP contribution in [-0.4, -0.2) is 7.11 Å². The summed E-state index contributed by atoms with van der Waals surface area (Å²) in [4.78, 5) is 0. The fourth-order valence-electron chi connectivity index (χ4n) is 2.09. The Hall–Kier alpha value is -1.96. The van der Waals surface area contributed by atoms with Gasteiger partial charge < -0.3 is 9.47 Å². The van der Waals surface area contributed by atoms with Crippen LogP contribution in [0.5, 0.6) is 11.5 Å². The largest absolute Gasteiger partial charge is 0.493 e. The Balaban J connectivity index is 2.15. The van der Waals surface area contributed by atoms with Gasteiger partial charge in [0.1, 0.15) is 6.61 Å². The first-order chi connectivity index (χ1) is 9.61. The minimum absolute atomic E-state index is 0.481. The second-order valence-corrected chi connectivity index (χ2v) is 5.28. The predicted octanol–water partition coefficient (Wildman–Crippen LogP) is 4.71. The van der Waals surface area contributed by atoms with E-state index in [2.05, 4.69) is 45.0 Å². The third-order valence-electron chi connectivity index (χ3n) is 3.50. The molecule has 0 bridgehead atoms. The molecule has 0 aliphatic carbocycles. The summed E-state index contributed by atoms with van der Waals surface area (Å²) in [5, 5.41) is 0. The van der Waals surface area contributed by atoms with E-state index >= 15 is 0 Å². The van der Waals surface area contributed by atoms with E-state index in [1.54, 1.807) is 7.11 Å². The average Bonchev–Trinajstić information content (AvgIpc) is 2.46. The van der Waals surface area contributed by atoms with Crippen molar-refractivity contribution in [2.75, 3.05) is 7.11 Å². The van der Waals surface area contributed by atoms with Gasteiger partial charge in [-0.3, -0.25) is 0 Å². The highest BCUT2D eigenvalue weighted by Gasteiger charge is 2.08. The van der Waals surface area contributed by atoms with E-state index in [1.165, 1.54) is 16.7 Å². The standard InChI is InChI=1S/C18H22O2/c1-13(2)15-9-10-17(18(11-15)19-4)20-12-16-8-6-5-7-14(16)3/h5-11,13H,12H2,1-4H3. The number of rotatable bonds is 5. The lowest BCUT2D eigenvalue weighted by atomic mass is 10.0. The smallest absolute Gasteiger partial charge is 0.161 e. The molecular formula is C18H22O2. The molecule has 0 aromatic heterocycles. The van der Waals surface area contributed by atoms with Crippen molar-refractivity contribution in [1.29, 1.82) is 0 Å². The van der Waals surface area contributed by atoms with Crippen LogP contribution >= 0.6 is 0 Å². The van der Waals surface area contributed by atoms with Crippen molar-refractivity contribution in [2.24, 2.45) is 0 Å². The number of benzene rings is 2. The predicted molar refractivity (Wildman–Crippen MR) is 82.6 cm³/mol. The Morgan fingerprint density at radius 3 is 2.40 bits per heavy atom. The first-order valence-corrected chi connectivity index (χ1v) is 6.97. The summed E-state index contributed by atoms with van der Waals surface area (Å²) in [5.41, 5.74) is 3.69. The van der Waals surface area contributed by atoms with Gasteiger partial charge in [-0.2, -0.15) is 0 Å². The van der Waals surface area contributed by atoms with Crippen molar-refractivity contribution in [3.05, 3.63) is 59.2 Å². The molecule has 0 atom stereocenters. The van der Waals surface area contributed by atoms with Gasteiger partial charge in [0.15, 0.2) is 11.5 Å². The Labute approximate surface area is 121 Å². The highest BCUT2D eigenvalue weighted by Crippen LogP contribution is 2.31. The molecule has 0 aliphatic rings. The van der Waals surface area contributed by atoms with E-state index in [4.69, 9.17) is 9.47 Å². The quantitative estimate of drug-likeness (QED) is 0.783. The van der Waals surface area contributed by atoms with E-state index in [-0.39, 0.29) is 0 Å². The van der Waals surface area contributed by atoms with Gasteiger partial charge in [0.2, 0.25) is 0 Å². The van der Waals surface area contributed by atoms with Crippen LogP contribution in [0.2, 0.25) is 0 Å². The Morgan fingerprint density at radius 2 is 1.75 bits per heavy atom. The SMILES string of the molecule is COc1cc(C(C)C)ccc1OCc1ccccc1C. The molecular weight excluding hydrogens is 248 g/mol. The average molecular weight is 270 g/mol. The van der Waals surface area contributed by atoms with E-state index < -0.39 is 0 Å². The zero-order valence-electron chi connectivity index (χ0n) is 12.6. The maximum atomic E-state index is 5.90. The molecule has 2 aromatic rings. The van der Waals surface area contributed by atoms with Crippen molar-refractivity contribution in [3.63, 3.8) is 0 Å². The van der Waals surface area contributed by atoms with Gasteiger partial charge in [-0.05, 0) is 41.7 Å². The maximum Gasteiger partial charge on any atom is 0.161 e. The second kappa shape index (κ2) is 6.47. The Kier molecular flexibility index (Phi) is 4.67. The lowest BCUT2D eigenvalue weighted by molar-refractivity contribution is 0.283. The number of hydrogen-bond donors (Lipinski definition) is 0. The van der Waals surface area contributed by atoms with Crippen LogP contribution in [-0.2, 0) is 6.61 Å². The number of methoxy groups -OCH3 is 1. The zero-order chi connectivity index (χ0) is 14.5. The van der Waals surface area contributed by atoms with Gasteiger partial charge in [-0.1, -0.05) is 44.2 Å². The van der Waals surface area contributed by atoms with Crippen LogP contribution in [0.1, 0.15) is 36.5 Å². The maximum absolute atomic E-state index is 5.90. The molecule has 2 aromatic carbocycles. The third kappa shape index (κ3) is 3.32. The highest BCUT2D eigenvalue weighted by atomic mass is 16.5. The summed E-state index contributed by atoms with van der Waals surface area (Å²) in [6.07, 6.45) is 0. The summed E-state index contributed by atoms with van der Waals surface area (Å²) in [5.74, 6) is 2.07. The monoisotopic (exact) mass is 270 g/mol.